The second-order valence-corrected chi connectivity index (χ2v) is 6.97. The SMILES string of the molecule is CCCC(C)Nc1nc(Nc2ccc(OCCCC(=O)NO)cc2)nc2nc[nH]c12. The molecule has 0 aliphatic heterocycles. The summed E-state index contributed by atoms with van der Waals surface area (Å²) in [4.78, 5) is 27.4. The maximum absolute atomic E-state index is 11.0. The lowest BCUT2D eigenvalue weighted by Crippen LogP contribution is -2.18. The highest BCUT2D eigenvalue weighted by Crippen LogP contribution is 2.23. The van der Waals surface area contributed by atoms with Crippen molar-refractivity contribution < 1.29 is 14.7 Å². The fraction of sp³-hybridized carbons (Fsp3) is 0.400. The number of hydrogen-bond acceptors (Lipinski definition) is 8. The fourth-order valence-electron chi connectivity index (χ4n) is 2.97. The summed E-state index contributed by atoms with van der Waals surface area (Å²) in [7, 11) is 0. The molecule has 160 valence electrons. The van der Waals surface area contributed by atoms with Crippen LogP contribution in [0, 0.1) is 0 Å². The van der Waals surface area contributed by atoms with Crippen molar-refractivity contribution in [2.24, 2.45) is 0 Å². The van der Waals surface area contributed by atoms with Crippen LogP contribution in [0.3, 0.4) is 0 Å². The summed E-state index contributed by atoms with van der Waals surface area (Å²) in [6.07, 6.45) is 4.44. The van der Waals surface area contributed by atoms with Crippen LogP contribution in [0.5, 0.6) is 5.75 Å². The Kier molecular flexibility index (Phi) is 7.39. The average molecular weight is 413 g/mol. The van der Waals surface area contributed by atoms with Gasteiger partial charge in [0.15, 0.2) is 11.5 Å². The number of carbonyl (C=O) groups is 1. The van der Waals surface area contributed by atoms with E-state index in [-0.39, 0.29) is 12.5 Å². The zero-order valence-corrected chi connectivity index (χ0v) is 17.1. The van der Waals surface area contributed by atoms with Crippen molar-refractivity contribution in [1.82, 2.24) is 25.4 Å². The Balaban J connectivity index is 1.63. The topological polar surface area (TPSA) is 137 Å². The van der Waals surface area contributed by atoms with E-state index < -0.39 is 5.91 Å². The number of aromatic nitrogens is 4. The number of hydroxylamine groups is 1. The number of hydrogen-bond donors (Lipinski definition) is 5. The number of fused-ring (bicyclic) bond motifs is 1. The molecular formula is C20H27N7O3. The van der Waals surface area contributed by atoms with Crippen LogP contribution in [0.1, 0.15) is 39.5 Å². The van der Waals surface area contributed by atoms with E-state index in [1.807, 2.05) is 24.3 Å². The highest BCUT2D eigenvalue weighted by molar-refractivity contribution is 5.84. The predicted molar refractivity (Wildman–Crippen MR) is 114 cm³/mol. The van der Waals surface area contributed by atoms with Crippen molar-refractivity contribution in [2.45, 2.75) is 45.6 Å². The zero-order valence-electron chi connectivity index (χ0n) is 17.1. The maximum Gasteiger partial charge on any atom is 0.243 e. The molecule has 30 heavy (non-hydrogen) atoms. The van der Waals surface area contributed by atoms with E-state index in [1.165, 1.54) is 0 Å². The van der Waals surface area contributed by atoms with Crippen molar-refractivity contribution in [3.05, 3.63) is 30.6 Å². The summed E-state index contributed by atoms with van der Waals surface area (Å²) in [5, 5.41) is 15.1. The van der Waals surface area contributed by atoms with Gasteiger partial charge in [-0.05, 0) is 44.0 Å². The molecule has 5 N–H and O–H groups in total. The largest absolute Gasteiger partial charge is 0.494 e. The first-order valence-corrected chi connectivity index (χ1v) is 9.99. The van der Waals surface area contributed by atoms with Crippen LogP contribution < -0.4 is 20.9 Å². The van der Waals surface area contributed by atoms with Crippen molar-refractivity contribution in [3.8, 4) is 5.75 Å². The molecule has 1 amide bonds. The minimum absolute atomic E-state index is 0.205. The second kappa shape index (κ2) is 10.4. The van der Waals surface area contributed by atoms with Crippen LogP contribution in [-0.2, 0) is 4.79 Å². The van der Waals surface area contributed by atoms with Crippen LogP contribution in [0.2, 0.25) is 0 Å². The molecule has 3 rings (SSSR count). The quantitative estimate of drug-likeness (QED) is 0.183. The Morgan fingerprint density at radius 3 is 2.80 bits per heavy atom. The Bertz CT molecular complexity index is 959. The average Bonchev–Trinajstić information content (AvgIpc) is 3.21. The third-order valence-electron chi connectivity index (χ3n) is 4.44. The maximum atomic E-state index is 11.0. The summed E-state index contributed by atoms with van der Waals surface area (Å²) in [5.74, 6) is 1.42. The van der Waals surface area contributed by atoms with Gasteiger partial charge >= 0.3 is 0 Å². The normalized spacial score (nSPS) is 11.8. The van der Waals surface area contributed by atoms with E-state index in [2.05, 4.69) is 44.4 Å². The minimum atomic E-state index is -0.426. The monoisotopic (exact) mass is 413 g/mol. The molecule has 0 spiro atoms. The number of amides is 1. The van der Waals surface area contributed by atoms with E-state index in [9.17, 15) is 4.79 Å². The van der Waals surface area contributed by atoms with Gasteiger partial charge in [-0.15, -0.1) is 0 Å². The molecule has 2 heterocycles. The minimum Gasteiger partial charge on any atom is -0.494 e. The Morgan fingerprint density at radius 2 is 2.07 bits per heavy atom. The van der Waals surface area contributed by atoms with Crippen LogP contribution in [-0.4, -0.2) is 43.7 Å². The van der Waals surface area contributed by atoms with Crippen LogP contribution in [0.4, 0.5) is 17.5 Å². The first-order valence-electron chi connectivity index (χ1n) is 9.99. The highest BCUT2D eigenvalue weighted by Gasteiger charge is 2.12. The van der Waals surface area contributed by atoms with Gasteiger partial charge in [0.25, 0.3) is 0 Å². The first kappa shape index (κ1) is 21.3. The van der Waals surface area contributed by atoms with Crippen molar-refractivity contribution in [1.29, 1.82) is 0 Å². The molecule has 10 nitrogen and oxygen atoms in total. The van der Waals surface area contributed by atoms with Gasteiger partial charge in [0.2, 0.25) is 11.9 Å². The molecule has 10 heteroatoms. The van der Waals surface area contributed by atoms with Crippen LogP contribution >= 0.6 is 0 Å². The summed E-state index contributed by atoms with van der Waals surface area (Å²) in [6, 6.07) is 7.65. The van der Waals surface area contributed by atoms with E-state index in [0.717, 1.165) is 24.0 Å². The number of nitrogens with zero attached hydrogens (tertiary/aromatic N) is 3. The molecule has 1 atom stereocenters. The summed E-state index contributed by atoms with van der Waals surface area (Å²) >= 11 is 0. The van der Waals surface area contributed by atoms with E-state index in [4.69, 9.17) is 9.94 Å². The van der Waals surface area contributed by atoms with Crippen LogP contribution in [0.25, 0.3) is 11.2 Å². The number of imidazole rings is 1. The molecule has 0 fully saturated rings. The smallest absolute Gasteiger partial charge is 0.243 e. The van der Waals surface area contributed by atoms with Crippen LogP contribution in [0.15, 0.2) is 30.6 Å². The number of anilines is 3. The lowest BCUT2D eigenvalue weighted by Gasteiger charge is -2.15. The number of rotatable bonds is 11. The fourth-order valence-corrected chi connectivity index (χ4v) is 2.97. The van der Waals surface area contributed by atoms with Gasteiger partial charge in [-0.3, -0.25) is 10.0 Å². The Hall–Kier alpha value is -3.40. The zero-order chi connectivity index (χ0) is 21.3. The van der Waals surface area contributed by atoms with Gasteiger partial charge in [-0.1, -0.05) is 13.3 Å². The molecule has 3 aromatic rings. The summed E-state index contributed by atoms with van der Waals surface area (Å²) in [5.41, 5.74) is 3.78. The van der Waals surface area contributed by atoms with Gasteiger partial charge in [-0.25, -0.2) is 10.5 Å². The van der Waals surface area contributed by atoms with Gasteiger partial charge in [0.1, 0.15) is 11.3 Å². The molecule has 0 saturated carbocycles. The molecule has 2 aromatic heterocycles. The van der Waals surface area contributed by atoms with E-state index >= 15 is 0 Å². The Morgan fingerprint density at radius 1 is 1.27 bits per heavy atom. The Labute approximate surface area is 174 Å². The number of H-pyrrole nitrogens is 1. The first-order chi connectivity index (χ1) is 14.6. The summed E-state index contributed by atoms with van der Waals surface area (Å²) in [6.45, 7) is 4.65. The van der Waals surface area contributed by atoms with Gasteiger partial charge in [-0.2, -0.15) is 9.97 Å². The van der Waals surface area contributed by atoms with Crippen molar-refractivity contribution in [2.75, 3.05) is 17.2 Å². The number of carbonyl (C=O) groups excluding carboxylic acids is 1. The summed E-state index contributed by atoms with van der Waals surface area (Å²) < 4.78 is 5.59. The number of benzene rings is 1. The lowest BCUT2D eigenvalue weighted by molar-refractivity contribution is -0.129. The molecule has 1 unspecified atom stereocenters. The molecule has 0 aliphatic rings. The predicted octanol–water partition coefficient (Wildman–Crippen LogP) is 3.36. The molecule has 0 aliphatic carbocycles. The van der Waals surface area contributed by atoms with Gasteiger partial charge < -0.3 is 20.4 Å². The van der Waals surface area contributed by atoms with E-state index in [1.54, 1.807) is 11.8 Å². The third kappa shape index (κ3) is 5.80. The van der Waals surface area contributed by atoms with Gasteiger partial charge in [0.05, 0.1) is 12.9 Å². The second-order valence-electron chi connectivity index (χ2n) is 6.97. The van der Waals surface area contributed by atoms with Crippen molar-refractivity contribution in [3.63, 3.8) is 0 Å². The molecule has 0 bridgehead atoms. The molecular weight excluding hydrogens is 386 g/mol. The molecule has 0 saturated heterocycles. The molecule has 0 radical (unpaired) electrons. The third-order valence-corrected chi connectivity index (χ3v) is 4.44. The standard InChI is InChI=1S/C20H27N7O3/c1-3-5-13(2)23-19-17-18(22-12-21-17)25-20(26-19)24-14-7-9-15(10-8-14)30-11-4-6-16(28)27-29/h7-10,12-13,29H,3-6,11H2,1-2H3,(H,27,28)(H3,21,22,23,24,25,26). The number of ether oxygens (including phenoxy) is 1. The number of nitrogens with one attached hydrogen (secondary N) is 4. The van der Waals surface area contributed by atoms with Crippen molar-refractivity contribution >= 4 is 34.5 Å². The molecule has 1 aromatic carbocycles. The van der Waals surface area contributed by atoms with E-state index in [0.29, 0.717) is 36.2 Å². The van der Waals surface area contributed by atoms with Gasteiger partial charge in [0, 0.05) is 18.2 Å². The lowest BCUT2D eigenvalue weighted by atomic mass is 10.2. The number of aromatic amines is 1. The highest BCUT2D eigenvalue weighted by atomic mass is 16.5.